The van der Waals surface area contributed by atoms with Gasteiger partial charge in [0.25, 0.3) is 0 Å². The van der Waals surface area contributed by atoms with Crippen LogP contribution >= 0.6 is 0 Å². The Kier molecular flexibility index (Phi) is 5.53. The van der Waals surface area contributed by atoms with Crippen LogP contribution in [0.15, 0.2) is 24.3 Å². The van der Waals surface area contributed by atoms with E-state index in [2.05, 4.69) is 5.32 Å². The molecule has 0 bridgehead atoms. The number of carbonyl (C=O) groups is 2. The summed E-state index contributed by atoms with van der Waals surface area (Å²) in [6.45, 7) is 3.50. The average Bonchev–Trinajstić information content (AvgIpc) is 3.20. The van der Waals surface area contributed by atoms with Crippen molar-refractivity contribution < 1.29 is 18.7 Å². The van der Waals surface area contributed by atoms with Gasteiger partial charge in [-0.2, -0.15) is 0 Å². The quantitative estimate of drug-likeness (QED) is 0.863. The number of carbonyl (C=O) groups excluding carboxylic acids is 2. The van der Waals surface area contributed by atoms with Crippen LogP contribution in [0.1, 0.15) is 38.5 Å². The monoisotopic (exact) mass is 389 g/mol. The van der Waals surface area contributed by atoms with Gasteiger partial charge in [-0.25, -0.2) is 9.18 Å². The number of hydrogen-bond acceptors (Lipinski definition) is 3. The minimum Gasteiger partial charge on any atom is -0.376 e. The van der Waals surface area contributed by atoms with Crippen LogP contribution in [0.3, 0.4) is 0 Å². The molecule has 3 fully saturated rings. The van der Waals surface area contributed by atoms with Crippen molar-refractivity contribution in [2.75, 3.05) is 38.1 Å². The minimum absolute atomic E-state index is 0.0846. The number of ether oxygens (including phenoxy) is 1. The molecule has 0 aliphatic carbocycles. The van der Waals surface area contributed by atoms with Gasteiger partial charge < -0.3 is 19.9 Å². The lowest BCUT2D eigenvalue weighted by Gasteiger charge is -2.47. The fourth-order valence-electron chi connectivity index (χ4n) is 4.65. The fraction of sp³-hybridized carbons (Fsp3) is 0.619. The molecule has 3 aliphatic rings. The van der Waals surface area contributed by atoms with Gasteiger partial charge in [0.2, 0.25) is 5.91 Å². The van der Waals surface area contributed by atoms with E-state index in [0.717, 1.165) is 45.3 Å². The summed E-state index contributed by atoms with van der Waals surface area (Å²) in [5, 5.41) is 2.67. The molecule has 3 heterocycles. The highest BCUT2D eigenvalue weighted by Gasteiger charge is 2.42. The number of rotatable bonds is 3. The highest BCUT2D eigenvalue weighted by Crippen LogP contribution is 2.40. The topological polar surface area (TPSA) is 61.9 Å². The lowest BCUT2D eigenvalue weighted by Crippen LogP contribution is -2.54. The van der Waals surface area contributed by atoms with Crippen molar-refractivity contribution in [2.45, 2.75) is 44.6 Å². The SMILES string of the molecule is O=C1CCC2(CCN(C(=O)Nc3ccccc3F)CC2)CN1C[C@H]1CCCO1. The van der Waals surface area contributed by atoms with Gasteiger partial charge in [-0.05, 0) is 49.7 Å². The van der Waals surface area contributed by atoms with Crippen LogP contribution in [0.5, 0.6) is 0 Å². The summed E-state index contributed by atoms with van der Waals surface area (Å²) in [6.07, 6.45) is 5.47. The first-order valence-corrected chi connectivity index (χ1v) is 10.2. The van der Waals surface area contributed by atoms with Crippen LogP contribution in [-0.4, -0.2) is 60.6 Å². The Morgan fingerprint density at radius 3 is 2.75 bits per heavy atom. The van der Waals surface area contributed by atoms with Crippen molar-refractivity contribution in [3.8, 4) is 0 Å². The van der Waals surface area contributed by atoms with E-state index in [4.69, 9.17) is 4.74 Å². The van der Waals surface area contributed by atoms with Crippen molar-refractivity contribution in [3.05, 3.63) is 30.1 Å². The second-order valence-corrected chi connectivity index (χ2v) is 8.31. The lowest BCUT2D eigenvalue weighted by atomic mass is 9.72. The number of piperidine rings is 2. The van der Waals surface area contributed by atoms with Crippen molar-refractivity contribution in [3.63, 3.8) is 0 Å². The maximum atomic E-state index is 13.8. The molecule has 0 radical (unpaired) electrons. The van der Waals surface area contributed by atoms with Crippen molar-refractivity contribution >= 4 is 17.6 Å². The molecule has 1 atom stereocenters. The van der Waals surface area contributed by atoms with Gasteiger partial charge in [0, 0.05) is 39.2 Å². The van der Waals surface area contributed by atoms with Crippen LogP contribution < -0.4 is 5.32 Å². The molecule has 3 amide bonds. The molecule has 1 aromatic rings. The third-order valence-corrected chi connectivity index (χ3v) is 6.42. The van der Waals surface area contributed by atoms with E-state index in [-0.39, 0.29) is 29.1 Å². The first-order chi connectivity index (χ1) is 13.5. The normalized spacial score (nSPS) is 24.6. The molecule has 7 heteroatoms. The van der Waals surface area contributed by atoms with Crippen molar-refractivity contribution in [1.82, 2.24) is 9.80 Å². The Labute approximate surface area is 165 Å². The molecule has 6 nitrogen and oxygen atoms in total. The van der Waals surface area contributed by atoms with E-state index in [1.807, 2.05) is 4.90 Å². The first-order valence-electron chi connectivity index (χ1n) is 10.2. The number of hydrogen-bond donors (Lipinski definition) is 1. The standard InChI is InChI=1S/C21H28FN3O3/c22-17-5-1-2-6-18(17)23-20(27)24-11-9-21(10-12-24)8-7-19(26)25(15-21)14-16-4-3-13-28-16/h1-2,5-6,16H,3-4,7-15H2,(H,23,27)/t16-/m1/s1. The number of para-hydroxylation sites is 1. The van der Waals surface area contributed by atoms with Gasteiger partial charge in [-0.15, -0.1) is 0 Å². The Morgan fingerprint density at radius 1 is 1.25 bits per heavy atom. The molecule has 28 heavy (non-hydrogen) atoms. The first kappa shape index (κ1) is 19.2. The van der Waals surface area contributed by atoms with Gasteiger partial charge >= 0.3 is 6.03 Å². The molecule has 4 rings (SSSR count). The van der Waals surface area contributed by atoms with E-state index in [1.165, 1.54) is 6.07 Å². The summed E-state index contributed by atoms with van der Waals surface area (Å²) >= 11 is 0. The molecule has 1 N–H and O–H groups in total. The number of nitrogens with zero attached hydrogens (tertiary/aromatic N) is 2. The Morgan fingerprint density at radius 2 is 2.04 bits per heavy atom. The molecule has 0 saturated carbocycles. The summed E-state index contributed by atoms with van der Waals surface area (Å²) in [5.74, 6) is -0.208. The van der Waals surface area contributed by atoms with Crippen LogP contribution in [0.2, 0.25) is 0 Å². The fourth-order valence-corrected chi connectivity index (χ4v) is 4.65. The number of likely N-dealkylation sites (tertiary alicyclic amines) is 2. The van der Waals surface area contributed by atoms with E-state index in [1.54, 1.807) is 23.1 Å². The lowest BCUT2D eigenvalue weighted by molar-refractivity contribution is -0.140. The van der Waals surface area contributed by atoms with Crippen molar-refractivity contribution in [1.29, 1.82) is 0 Å². The van der Waals surface area contributed by atoms with Crippen molar-refractivity contribution in [2.24, 2.45) is 5.41 Å². The van der Waals surface area contributed by atoms with E-state index in [0.29, 0.717) is 26.1 Å². The van der Waals surface area contributed by atoms with Gasteiger partial charge in [0.05, 0.1) is 11.8 Å². The number of halogens is 1. The van der Waals surface area contributed by atoms with Gasteiger partial charge in [-0.3, -0.25) is 4.79 Å². The Bertz CT molecular complexity index is 727. The Balaban J connectivity index is 1.33. The molecule has 3 aliphatic heterocycles. The highest BCUT2D eigenvalue weighted by atomic mass is 19.1. The van der Waals surface area contributed by atoms with Crippen LogP contribution in [0, 0.1) is 11.2 Å². The predicted octanol–water partition coefficient (Wildman–Crippen LogP) is 3.24. The predicted molar refractivity (Wildman–Crippen MR) is 103 cm³/mol. The van der Waals surface area contributed by atoms with Gasteiger partial charge in [0.1, 0.15) is 5.82 Å². The maximum Gasteiger partial charge on any atom is 0.321 e. The zero-order valence-corrected chi connectivity index (χ0v) is 16.2. The minimum atomic E-state index is -0.431. The summed E-state index contributed by atoms with van der Waals surface area (Å²) in [4.78, 5) is 28.6. The second kappa shape index (κ2) is 8.07. The van der Waals surface area contributed by atoms with Crippen LogP contribution in [0.4, 0.5) is 14.9 Å². The van der Waals surface area contributed by atoms with Crippen LogP contribution in [0.25, 0.3) is 0 Å². The van der Waals surface area contributed by atoms with Crippen LogP contribution in [-0.2, 0) is 9.53 Å². The molecule has 1 spiro atoms. The average molecular weight is 389 g/mol. The molecule has 3 saturated heterocycles. The zero-order valence-electron chi connectivity index (χ0n) is 16.2. The maximum absolute atomic E-state index is 13.8. The zero-order chi connectivity index (χ0) is 19.6. The number of nitrogens with one attached hydrogen (secondary N) is 1. The molecule has 0 unspecified atom stereocenters. The third-order valence-electron chi connectivity index (χ3n) is 6.42. The largest absolute Gasteiger partial charge is 0.376 e. The summed E-state index contributed by atoms with van der Waals surface area (Å²) < 4.78 is 19.5. The molecular weight excluding hydrogens is 361 g/mol. The highest BCUT2D eigenvalue weighted by molar-refractivity contribution is 5.89. The third kappa shape index (κ3) is 4.14. The summed E-state index contributed by atoms with van der Waals surface area (Å²) in [5.41, 5.74) is 0.292. The molecule has 152 valence electrons. The summed E-state index contributed by atoms with van der Waals surface area (Å²) in [7, 11) is 0. The Hall–Kier alpha value is -2.15. The number of amides is 3. The number of anilines is 1. The van der Waals surface area contributed by atoms with E-state index < -0.39 is 5.82 Å². The summed E-state index contributed by atoms with van der Waals surface area (Å²) in [6, 6.07) is 5.94. The molecule has 0 aromatic heterocycles. The number of benzene rings is 1. The van der Waals surface area contributed by atoms with Gasteiger partial charge in [-0.1, -0.05) is 12.1 Å². The van der Waals surface area contributed by atoms with E-state index in [9.17, 15) is 14.0 Å². The molecular formula is C21H28FN3O3. The van der Waals surface area contributed by atoms with Gasteiger partial charge in [0.15, 0.2) is 0 Å². The van der Waals surface area contributed by atoms with E-state index >= 15 is 0 Å². The second-order valence-electron chi connectivity index (χ2n) is 8.31. The molecule has 1 aromatic carbocycles. The number of urea groups is 1. The smallest absolute Gasteiger partial charge is 0.321 e.